The van der Waals surface area contributed by atoms with Gasteiger partial charge in [0.15, 0.2) is 5.82 Å². The summed E-state index contributed by atoms with van der Waals surface area (Å²) in [5.41, 5.74) is 0. The fourth-order valence-corrected chi connectivity index (χ4v) is 3.57. The zero-order valence-electron chi connectivity index (χ0n) is 13.2. The van der Waals surface area contributed by atoms with E-state index in [9.17, 15) is 4.79 Å². The molecule has 4 rings (SSSR count). The van der Waals surface area contributed by atoms with E-state index in [1.54, 1.807) is 0 Å². The van der Waals surface area contributed by atoms with E-state index >= 15 is 0 Å². The molecule has 3 heterocycles. The number of likely N-dealkylation sites (tertiary alicyclic amines) is 2. The Labute approximate surface area is 130 Å². The average molecular weight is 304 g/mol. The van der Waals surface area contributed by atoms with Gasteiger partial charge in [-0.05, 0) is 38.1 Å². The molecule has 1 unspecified atom stereocenters. The van der Waals surface area contributed by atoms with Gasteiger partial charge in [-0.1, -0.05) is 12.1 Å². The zero-order valence-corrected chi connectivity index (χ0v) is 13.2. The number of hydrogen-bond acceptors (Lipinski definition) is 5. The van der Waals surface area contributed by atoms with Crippen LogP contribution in [0.3, 0.4) is 0 Å². The van der Waals surface area contributed by atoms with Crippen LogP contribution in [0.25, 0.3) is 0 Å². The lowest BCUT2D eigenvalue weighted by atomic mass is 9.99. The van der Waals surface area contributed by atoms with Crippen molar-refractivity contribution in [3.8, 4) is 0 Å². The van der Waals surface area contributed by atoms with Crippen LogP contribution >= 0.6 is 0 Å². The lowest BCUT2D eigenvalue weighted by molar-refractivity contribution is -0.135. The number of nitrogens with zero attached hydrogens (tertiary/aromatic N) is 4. The molecule has 2 saturated heterocycles. The maximum Gasteiger partial charge on any atom is 0.244 e. The number of amides is 1. The minimum atomic E-state index is 0.214. The van der Waals surface area contributed by atoms with Crippen LogP contribution in [-0.2, 0) is 4.79 Å². The van der Waals surface area contributed by atoms with Gasteiger partial charge in [0.2, 0.25) is 11.8 Å². The average Bonchev–Trinajstić information content (AvgIpc) is 2.97. The summed E-state index contributed by atoms with van der Waals surface area (Å²) in [7, 11) is 0. The van der Waals surface area contributed by atoms with E-state index in [1.807, 2.05) is 11.8 Å². The predicted octanol–water partition coefficient (Wildman–Crippen LogP) is 1.95. The molecule has 3 fully saturated rings. The number of carbonyl (C=O) groups is 1. The summed E-state index contributed by atoms with van der Waals surface area (Å²) < 4.78 is 5.55. The summed E-state index contributed by atoms with van der Waals surface area (Å²) in [6, 6.07) is 0.315. The molecule has 0 spiro atoms. The van der Waals surface area contributed by atoms with Crippen LogP contribution in [-0.4, -0.2) is 52.0 Å². The van der Waals surface area contributed by atoms with Gasteiger partial charge in [0.1, 0.15) is 0 Å². The van der Waals surface area contributed by atoms with Crippen molar-refractivity contribution in [2.24, 2.45) is 5.92 Å². The second kappa shape index (κ2) is 5.65. The van der Waals surface area contributed by atoms with E-state index in [-0.39, 0.29) is 11.8 Å². The van der Waals surface area contributed by atoms with E-state index in [0.717, 1.165) is 43.7 Å². The Hall–Kier alpha value is -1.43. The molecule has 120 valence electrons. The van der Waals surface area contributed by atoms with Gasteiger partial charge < -0.3 is 9.42 Å². The molecule has 0 bridgehead atoms. The van der Waals surface area contributed by atoms with E-state index in [2.05, 4.69) is 15.0 Å². The molecular formula is C16H24N4O2. The molecule has 2 aliphatic heterocycles. The number of carbonyl (C=O) groups excluding carboxylic acids is 1. The molecule has 22 heavy (non-hydrogen) atoms. The second-order valence-electron chi connectivity index (χ2n) is 6.94. The van der Waals surface area contributed by atoms with Crippen molar-refractivity contribution in [1.29, 1.82) is 0 Å². The lowest BCUT2D eigenvalue weighted by Gasteiger charge is -2.37. The molecule has 6 heteroatoms. The van der Waals surface area contributed by atoms with E-state index in [1.165, 1.54) is 25.8 Å². The van der Waals surface area contributed by atoms with Crippen LogP contribution in [0.4, 0.5) is 0 Å². The zero-order chi connectivity index (χ0) is 15.1. The Bertz CT molecular complexity index is 548. The number of aromatic nitrogens is 2. The third-order valence-electron chi connectivity index (χ3n) is 5.20. The largest absolute Gasteiger partial charge is 0.341 e. The third kappa shape index (κ3) is 2.64. The van der Waals surface area contributed by atoms with Gasteiger partial charge in [-0.25, -0.2) is 0 Å². The molecule has 1 aromatic rings. The molecule has 1 saturated carbocycles. The van der Waals surface area contributed by atoms with Gasteiger partial charge in [-0.15, -0.1) is 0 Å². The summed E-state index contributed by atoms with van der Waals surface area (Å²) in [5.74, 6) is 2.93. The predicted molar refractivity (Wildman–Crippen MR) is 80.2 cm³/mol. The van der Waals surface area contributed by atoms with E-state index < -0.39 is 0 Å². The SMILES string of the molecule is CCC(=O)N1CC(c2noc(C3CCCN3CC3CC3)n2)C1. The van der Waals surface area contributed by atoms with Crippen LogP contribution in [0.1, 0.15) is 62.7 Å². The molecule has 3 aliphatic rings. The fraction of sp³-hybridized carbons (Fsp3) is 0.812. The monoisotopic (exact) mass is 304 g/mol. The topological polar surface area (TPSA) is 62.5 Å². The van der Waals surface area contributed by atoms with Crippen LogP contribution < -0.4 is 0 Å². The first kappa shape index (κ1) is 14.2. The smallest absolute Gasteiger partial charge is 0.244 e. The maximum absolute atomic E-state index is 11.6. The summed E-state index contributed by atoms with van der Waals surface area (Å²) in [6.07, 6.45) is 5.67. The molecule has 1 aromatic heterocycles. The highest BCUT2D eigenvalue weighted by Gasteiger charge is 2.37. The van der Waals surface area contributed by atoms with Crippen molar-refractivity contribution in [1.82, 2.24) is 19.9 Å². The second-order valence-corrected chi connectivity index (χ2v) is 6.94. The van der Waals surface area contributed by atoms with Crippen LogP contribution in [0, 0.1) is 5.92 Å². The van der Waals surface area contributed by atoms with Gasteiger partial charge in [0.25, 0.3) is 0 Å². The van der Waals surface area contributed by atoms with Crippen molar-refractivity contribution in [2.75, 3.05) is 26.2 Å². The number of hydrogen-bond donors (Lipinski definition) is 0. The van der Waals surface area contributed by atoms with Gasteiger partial charge in [0.05, 0.1) is 12.0 Å². The molecule has 1 atom stereocenters. The Morgan fingerprint density at radius 2 is 2.14 bits per heavy atom. The Balaban J connectivity index is 1.38. The van der Waals surface area contributed by atoms with Crippen molar-refractivity contribution in [3.63, 3.8) is 0 Å². The first-order chi connectivity index (χ1) is 10.7. The van der Waals surface area contributed by atoms with E-state index in [4.69, 9.17) is 4.52 Å². The van der Waals surface area contributed by atoms with Crippen LogP contribution in [0.2, 0.25) is 0 Å². The van der Waals surface area contributed by atoms with Crippen molar-refractivity contribution in [3.05, 3.63) is 11.7 Å². The fourth-order valence-electron chi connectivity index (χ4n) is 3.57. The normalized spacial score (nSPS) is 26.4. The summed E-state index contributed by atoms with van der Waals surface area (Å²) >= 11 is 0. The third-order valence-corrected chi connectivity index (χ3v) is 5.20. The van der Waals surface area contributed by atoms with Crippen LogP contribution in [0.5, 0.6) is 0 Å². The molecular weight excluding hydrogens is 280 g/mol. The van der Waals surface area contributed by atoms with Crippen LogP contribution in [0.15, 0.2) is 4.52 Å². The maximum atomic E-state index is 11.6. The summed E-state index contributed by atoms with van der Waals surface area (Å²) in [6.45, 7) is 5.71. The lowest BCUT2D eigenvalue weighted by Crippen LogP contribution is -2.48. The minimum absolute atomic E-state index is 0.214. The quantitative estimate of drug-likeness (QED) is 0.832. The van der Waals surface area contributed by atoms with Crippen molar-refractivity contribution < 1.29 is 9.32 Å². The molecule has 6 nitrogen and oxygen atoms in total. The minimum Gasteiger partial charge on any atom is -0.341 e. The highest BCUT2D eigenvalue weighted by Crippen LogP contribution is 2.37. The van der Waals surface area contributed by atoms with Gasteiger partial charge in [-0.3, -0.25) is 9.69 Å². The number of rotatable bonds is 5. The highest BCUT2D eigenvalue weighted by molar-refractivity contribution is 5.76. The first-order valence-corrected chi connectivity index (χ1v) is 8.60. The highest BCUT2D eigenvalue weighted by atomic mass is 16.5. The molecule has 1 aliphatic carbocycles. The van der Waals surface area contributed by atoms with Gasteiger partial charge in [0, 0.05) is 26.1 Å². The first-order valence-electron chi connectivity index (χ1n) is 8.60. The standard InChI is InChI=1S/C16H24N4O2/c1-2-14(21)20-9-12(10-20)15-17-16(22-18-15)13-4-3-7-19(13)8-11-5-6-11/h11-13H,2-10H2,1H3. The van der Waals surface area contributed by atoms with Gasteiger partial charge >= 0.3 is 0 Å². The van der Waals surface area contributed by atoms with Crippen molar-refractivity contribution >= 4 is 5.91 Å². The van der Waals surface area contributed by atoms with Crippen molar-refractivity contribution in [2.45, 2.75) is 51.0 Å². The summed E-state index contributed by atoms with van der Waals surface area (Å²) in [5, 5.41) is 4.18. The molecule has 0 N–H and O–H groups in total. The Kier molecular flexibility index (Phi) is 3.64. The molecule has 1 amide bonds. The Morgan fingerprint density at radius 1 is 1.32 bits per heavy atom. The Morgan fingerprint density at radius 3 is 2.86 bits per heavy atom. The van der Waals surface area contributed by atoms with E-state index in [0.29, 0.717) is 12.5 Å². The van der Waals surface area contributed by atoms with Gasteiger partial charge in [-0.2, -0.15) is 4.98 Å². The summed E-state index contributed by atoms with van der Waals surface area (Å²) in [4.78, 5) is 20.6. The molecule has 0 radical (unpaired) electrons. The molecule has 0 aromatic carbocycles.